The molecule has 128 valence electrons. The van der Waals surface area contributed by atoms with E-state index >= 15 is 0 Å². The highest BCUT2D eigenvalue weighted by Gasteiger charge is 2.20. The fourth-order valence-electron chi connectivity index (χ4n) is 3.18. The number of rotatable bonds is 3. The SMILES string of the molecule is O=C([OH2+])c1c[nH][n+](-c2nc3ccc(N4CCCCC4)cc3c(=O)[nH]2)c1. The van der Waals surface area contributed by atoms with E-state index in [1.807, 2.05) is 18.2 Å². The van der Waals surface area contributed by atoms with Crippen molar-refractivity contribution in [1.82, 2.24) is 15.1 Å². The van der Waals surface area contributed by atoms with E-state index in [-0.39, 0.29) is 17.1 Å². The number of hydrogen-bond donors (Lipinski definition) is 2. The van der Waals surface area contributed by atoms with Crippen LogP contribution >= 0.6 is 0 Å². The molecule has 3 heterocycles. The van der Waals surface area contributed by atoms with Crippen LogP contribution in [0.25, 0.3) is 16.9 Å². The quantitative estimate of drug-likeness (QED) is 0.530. The molecule has 4 N–H and O–H groups in total. The van der Waals surface area contributed by atoms with Crippen molar-refractivity contribution in [3.63, 3.8) is 0 Å². The third kappa shape index (κ3) is 2.86. The maximum atomic E-state index is 12.5. The van der Waals surface area contributed by atoms with Crippen molar-refractivity contribution in [2.24, 2.45) is 0 Å². The number of fused-ring (bicyclic) bond motifs is 1. The topological polar surface area (TPSA) is 109 Å². The number of carbonyl (C=O) groups is 1. The maximum Gasteiger partial charge on any atom is 0.553 e. The highest BCUT2D eigenvalue weighted by atomic mass is 16.4. The Kier molecular flexibility index (Phi) is 3.72. The summed E-state index contributed by atoms with van der Waals surface area (Å²) < 4.78 is 1.42. The Bertz CT molecular complexity index is 1000. The number of anilines is 1. The van der Waals surface area contributed by atoms with Crippen molar-refractivity contribution in [1.29, 1.82) is 0 Å². The Labute approximate surface area is 142 Å². The average molecular weight is 341 g/mol. The molecule has 0 atom stereocenters. The summed E-state index contributed by atoms with van der Waals surface area (Å²) >= 11 is 0. The molecule has 1 aliphatic heterocycles. The van der Waals surface area contributed by atoms with Gasteiger partial charge in [0.1, 0.15) is 11.6 Å². The standard InChI is InChI=1S/C17H17N5O3/c23-15-13-8-12(21-6-2-1-3-7-21)4-5-14(13)19-17(20-15)22-10-11(9-18-22)16(24)25/h4-5,8-10H,1-3,6-7H2,(H2,19,20,23,24,25)/p+2. The minimum atomic E-state index is -0.802. The van der Waals surface area contributed by atoms with Gasteiger partial charge in [-0.2, -0.15) is 0 Å². The van der Waals surface area contributed by atoms with Crippen molar-refractivity contribution in [2.45, 2.75) is 19.3 Å². The monoisotopic (exact) mass is 341 g/mol. The molecular weight excluding hydrogens is 322 g/mol. The van der Waals surface area contributed by atoms with Crippen molar-refractivity contribution in [3.8, 4) is 5.95 Å². The molecule has 0 aliphatic carbocycles. The Balaban J connectivity index is 1.74. The molecule has 0 bridgehead atoms. The van der Waals surface area contributed by atoms with E-state index in [4.69, 9.17) is 5.11 Å². The smallest absolute Gasteiger partial charge is 0.553 e. The van der Waals surface area contributed by atoms with Crippen LogP contribution in [-0.4, -0.2) is 39.2 Å². The molecule has 1 aliphatic rings. The minimum absolute atomic E-state index is 0.197. The van der Waals surface area contributed by atoms with Crippen LogP contribution in [0.4, 0.5) is 5.69 Å². The first-order valence-corrected chi connectivity index (χ1v) is 8.27. The van der Waals surface area contributed by atoms with Gasteiger partial charge in [-0.05, 0) is 37.5 Å². The predicted octanol–water partition coefficient (Wildman–Crippen LogP) is 0.383. The molecule has 0 radical (unpaired) electrons. The van der Waals surface area contributed by atoms with E-state index in [2.05, 4.69) is 20.0 Å². The Morgan fingerprint density at radius 1 is 1.24 bits per heavy atom. The summed E-state index contributed by atoms with van der Waals surface area (Å²) in [4.78, 5) is 33.1. The van der Waals surface area contributed by atoms with Gasteiger partial charge in [0.05, 0.1) is 6.20 Å². The van der Waals surface area contributed by atoms with Gasteiger partial charge in [0.15, 0.2) is 11.1 Å². The third-order valence-corrected chi connectivity index (χ3v) is 4.52. The zero-order chi connectivity index (χ0) is 17.4. The van der Waals surface area contributed by atoms with Crippen LogP contribution in [-0.2, 0) is 0 Å². The summed E-state index contributed by atoms with van der Waals surface area (Å²) in [6, 6.07) is 5.72. The molecule has 8 heteroatoms. The Hall–Kier alpha value is -3.16. The van der Waals surface area contributed by atoms with Crippen LogP contribution in [0.1, 0.15) is 29.6 Å². The molecule has 0 saturated carbocycles. The van der Waals surface area contributed by atoms with Gasteiger partial charge in [0, 0.05) is 23.6 Å². The summed E-state index contributed by atoms with van der Waals surface area (Å²) in [6.45, 7) is 2.02. The highest BCUT2D eigenvalue weighted by molar-refractivity contribution is 5.86. The number of aromatic nitrogens is 4. The number of hydrogen-bond acceptors (Lipinski definition) is 4. The number of piperidine rings is 1. The Morgan fingerprint density at radius 2 is 2.04 bits per heavy atom. The van der Waals surface area contributed by atoms with Gasteiger partial charge in [-0.25, -0.2) is 4.98 Å². The molecule has 1 saturated heterocycles. The van der Waals surface area contributed by atoms with E-state index in [0.29, 0.717) is 10.9 Å². The first kappa shape index (κ1) is 15.4. The van der Waals surface area contributed by atoms with Crippen LogP contribution in [0.3, 0.4) is 0 Å². The van der Waals surface area contributed by atoms with E-state index in [0.717, 1.165) is 18.8 Å². The van der Waals surface area contributed by atoms with Gasteiger partial charge in [-0.3, -0.25) is 9.89 Å². The number of carbonyl (C=O) groups excluding carboxylic acids is 1. The van der Waals surface area contributed by atoms with Gasteiger partial charge in [0.2, 0.25) is 0 Å². The Morgan fingerprint density at radius 3 is 2.76 bits per heavy atom. The zero-order valence-electron chi connectivity index (χ0n) is 13.6. The lowest BCUT2D eigenvalue weighted by Gasteiger charge is -2.28. The fraction of sp³-hybridized carbons (Fsp3) is 0.294. The fourth-order valence-corrected chi connectivity index (χ4v) is 3.18. The van der Waals surface area contributed by atoms with Crippen molar-refractivity contribution in [2.75, 3.05) is 18.0 Å². The van der Waals surface area contributed by atoms with Gasteiger partial charge < -0.3 is 10.0 Å². The second kappa shape index (κ2) is 6.04. The predicted molar refractivity (Wildman–Crippen MR) is 92.3 cm³/mol. The first-order valence-electron chi connectivity index (χ1n) is 8.27. The molecule has 1 fully saturated rings. The largest absolute Gasteiger partial charge is 0.561 e. The molecule has 8 nitrogen and oxygen atoms in total. The van der Waals surface area contributed by atoms with Crippen LogP contribution in [0.15, 0.2) is 35.4 Å². The van der Waals surface area contributed by atoms with E-state index in [1.54, 1.807) is 0 Å². The molecule has 0 unspecified atom stereocenters. The summed E-state index contributed by atoms with van der Waals surface area (Å²) in [6.07, 6.45) is 6.44. The maximum absolute atomic E-state index is 12.5. The number of nitrogens with one attached hydrogen (secondary N) is 2. The molecule has 1 aromatic carbocycles. The average Bonchev–Trinajstić information content (AvgIpc) is 3.13. The first-order chi connectivity index (χ1) is 12.1. The zero-order valence-corrected chi connectivity index (χ0v) is 13.6. The number of benzene rings is 1. The lowest BCUT2D eigenvalue weighted by Crippen LogP contribution is -2.36. The molecule has 25 heavy (non-hydrogen) atoms. The van der Waals surface area contributed by atoms with Crippen LogP contribution in [0.5, 0.6) is 0 Å². The van der Waals surface area contributed by atoms with E-state index < -0.39 is 5.97 Å². The molecule has 3 aromatic rings. The van der Waals surface area contributed by atoms with Crippen molar-refractivity contribution >= 4 is 22.6 Å². The van der Waals surface area contributed by atoms with Crippen molar-refractivity contribution < 1.29 is 14.6 Å². The molecular formula is C17H19N5O3+2. The number of nitrogens with zero attached hydrogens (tertiary/aromatic N) is 3. The van der Waals surface area contributed by atoms with Gasteiger partial charge in [-0.15, -0.1) is 4.68 Å². The molecule has 0 spiro atoms. The summed E-state index contributed by atoms with van der Waals surface area (Å²) in [5.74, 6) is -0.528. The van der Waals surface area contributed by atoms with Crippen LogP contribution in [0, 0.1) is 0 Å². The molecule has 2 aromatic heterocycles. The minimum Gasteiger partial charge on any atom is -0.561 e. The van der Waals surface area contributed by atoms with Crippen LogP contribution in [0.2, 0.25) is 0 Å². The van der Waals surface area contributed by atoms with Crippen LogP contribution < -0.4 is 15.1 Å². The van der Waals surface area contributed by atoms with E-state index in [9.17, 15) is 9.59 Å². The summed E-state index contributed by atoms with van der Waals surface area (Å²) in [5.41, 5.74) is 1.59. The third-order valence-electron chi connectivity index (χ3n) is 4.52. The lowest BCUT2D eigenvalue weighted by molar-refractivity contribution is -0.662. The van der Waals surface area contributed by atoms with Gasteiger partial charge in [0.25, 0.3) is 0 Å². The van der Waals surface area contributed by atoms with Crippen molar-refractivity contribution in [3.05, 3.63) is 46.5 Å². The molecule has 0 amide bonds. The molecule has 4 rings (SSSR count). The summed E-state index contributed by atoms with van der Waals surface area (Å²) in [7, 11) is 0. The normalized spacial score (nSPS) is 14.8. The summed E-state index contributed by atoms with van der Waals surface area (Å²) in [5, 5.41) is 10.5. The van der Waals surface area contributed by atoms with Gasteiger partial charge in [-0.1, -0.05) is 4.98 Å². The number of H-pyrrole nitrogens is 2. The van der Waals surface area contributed by atoms with E-state index in [1.165, 1.54) is 36.3 Å². The highest BCUT2D eigenvalue weighted by Crippen LogP contribution is 2.22. The number of aromatic amines is 2. The van der Waals surface area contributed by atoms with Gasteiger partial charge >= 0.3 is 17.5 Å². The lowest BCUT2D eigenvalue weighted by atomic mass is 10.1. The second-order valence-electron chi connectivity index (χ2n) is 6.20. The second-order valence-corrected chi connectivity index (χ2v) is 6.20.